The minimum atomic E-state index is -3.67. The van der Waals surface area contributed by atoms with Crippen LogP contribution in [0.15, 0.2) is 17.1 Å². The van der Waals surface area contributed by atoms with Crippen molar-refractivity contribution in [2.24, 2.45) is 4.99 Å². The van der Waals surface area contributed by atoms with Gasteiger partial charge in [0.25, 0.3) is 0 Å². The number of nitrogens with one attached hydrogen (secondary N) is 1. The SMILES string of the molecule is CN(C)C1Nc2cc(Cl)c(Cl)cc2N=C1S(=O)(=O)CCO. The first-order valence-corrected chi connectivity index (χ1v) is 8.51. The van der Waals surface area contributed by atoms with Gasteiger partial charge in [0.1, 0.15) is 6.17 Å². The number of fused-ring (bicyclic) bond motifs is 1. The lowest BCUT2D eigenvalue weighted by Gasteiger charge is -2.31. The van der Waals surface area contributed by atoms with E-state index in [0.717, 1.165) is 0 Å². The average molecular weight is 352 g/mol. The monoisotopic (exact) mass is 351 g/mol. The Morgan fingerprint density at radius 3 is 2.52 bits per heavy atom. The van der Waals surface area contributed by atoms with E-state index in [1.54, 1.807) is 25.1 Å². The van der Waals surface area contributed by atoms with Gasteiger partial charge >= 0.3 is 0 Å². The molecule has 0 radical (unpaired) electrons. The highest BCUT2D eigenvalue weighted by Gasteiger charge is 2.33. The molecule has 0 saturated carbocycles. The van der Waals surface area contributed by atoms with Crippen LogP contribution in [0.5, 0.6) is 0 Å². The second-order valence-electron chi connectivity index (χ2n) is 4.79. The van der Waals surface area contributed by atoms with Crippen LogP contribution in [-0.2, 0) is 9.84 Å². The lowest BCUT2D eigenvalue weighted by molar-refractivity contribution is 0.320. The number of aliphatic imine (C=N–C) groups is 1. The molecule has 0 bridgehead atoms. The van der Waals surface area contributed by atoms with Gasteiger partial charge in [-0.05, 0) is 26.2 Å². The van der Waals surface area contributed by atoms with Crippen LogP contribution >= 0.6 is 23.2 Å². The molecular formula is C12H15Cl2N3O3S. The van der Waals surface area contributed by atoms with Crippen molar-refractivity contribution >= 4 is 49.5 Å². The molecule has 1 heterocycles. The highest BCUT2D eigenvalue weighted by atomic mass is 35.5. The molecule has 1 atom stereocenters. The number of nitrogens with zero attached hydrogens (tertiary/aromatic N) is 2. The van der Waals surface area contributed by atoms with Crippen LogP contribution in [0.1, 0.15) is 0 Å². The molecule has 0 aliphatic carbocycles. The number of anilines is 1. The summed E-state index contributed by atoms with van der Waals surface area (Å²) in [5, 5.41) is 12.6. The summed E-state index contributed by atoms with van der Waals surface area (Å²) < 4.78 is 24.5. The fraction of sp³-hybridized carbons (Fsp3) is 0.417. The molecule has 6 nitrogen and oxygen atoms in total. The second kappa shape index (κ2) is 6.10. The molecule has 0 aromatic heterocycles. The Labute approximate surface area is 133 Å². The molecule has 9 heteroatoms. The van der Waals surface area contributed by atoms with Gasteiger partial charge in [-0.25, -0.2) is 13.4 Å². The molecular weight excluding hydrogens is 337 g/mol. The molecule has 0 amide bonds. The van der Waals surface area contributed by atoms with Crippen LogP contribution in [0.25, 0.3) is 0 Å². The highest BCUT2D eigenvalue weighted by molar-refractivity contribution is 8.06. The van der Waals surface area contributed by atoms with Crippen LogP contribution in [0.4, 0.5) is 11.4 Å². The van der Waals surface area contributed by atoms with Gasteiger partial charge in [-0.3, -0.25) is 4.90 Å². The van der Waals surface area contributed by atoms with Gasteiger partial charge < -0.3 is 10.4 Å². The molecule has 21 heavy (non-hydrogen) atoms. The third-order valence-electron chi connectivity index (χ3n) is 2.99. The number of rotatable bonds is 3. The van der Waals surface area contributed by atoms with Gasteiger partial charge in [0.15, 0.2) is 14.9 Å². The Hall–Kier alpha value is -0.860. The van der Waals surface area contributed by atoms with E-state index in [0.29, 0.717) is 21.4 Å². The van der Waals surface area contributed by atoms with E-state index < -0.39 is 22.6 Å². The Balaban J connectivity index is 2.58. The van der Waals surface area contributed by atoms with Crippen molar-refractivity contribution in [1.82, 2.24) is 4.90 Å². The Kier molecular flexibility index (Phi) is 4.79. The van der Waals surface area contributed by atoms with E-state index in [9.17, 15) is 8.42 Å². The predicted molar refractivity (Wildman–Crippen MR) is 85.5 cm³/mol. The summed E-state index contributed by atoms with van der Waals surface area (Å²) in [7, 11) is -0.221. The molecule has 1 aliphatic rings. The maximum atomic E-state index is 12.2. The Morgan fingerprint density at radius 2 is 1.95 bits per heavy atom. The van der Waals surface area contributed by atoms with Crippen molar-refractivity contribution in [3.8, 4) is 0 Å². The van der Waals surface area contributed by atoms with Gasteiger partial charge in [0.2, 0.25) is 0 Å². The molecule has 1 aromatic rings. The quantitative estimate of drug-likeness (QED) is 0.866. The molecule has 0 fully saturated rings. The molecule has 0 spiro atoms. The summed E-state index contributed by atoms with van der Waals surface area (Å²) in [5.74, 6) is -0.380. The minimum Gasteiger partial charge on any atom is -0.395 e. The second-order valence-corrected chi connectivity index (χ2v) is 7.66. The van der Waals surface area contributed by atoms with E-state index in [1.807, 2.05) is 0 Å². The Morgan fingerprint density at radius 1 is 1.33 bits per heavy atom. The lowest BCUT2D eigenvalue weighted by Crippen LogP contribution is -2.47. The van der Waals surface area contributed by atoms with E-state index >= 15 is 0 Å². The number of halogens is 2. The van der Waals surface area contributed by atoms with Crippen LogP contribution < -0.4 is 5.32 Å². The summed E-state index contributed by atoms with van der Waals surface area (Å²) in [6, 6.07) is 3.11. The molecule has 0 saturated heterocycles. The maximum absolute atomic E-state index is 12.2. The molecule has 1 unspecified atom stereocenters. The van der Waals surface area contributed by atoms with Crippen molar-refractivity contribution in [3.63, 3.8) is 0 Å². The number of benzene rings is 1. The average Bonchev–Trinajstić information content (AvgIpc) is 2.38. The normalized spacial score (nSPS) is 18.2. The van der Waals surface area contributed by atoms with Gasteiger partial charge in [-0.1, -0.05) is 23.2 Å². The fourth-order valence-corrected chi connectivity index (χ4v) is 3.57. The molecule has 1 aliphatic heterocycles. The van der Waals surface area contributed by atoms with E-state index in [4.69, 9.17) is 28.3 Å². The minimum absolute atomic E-state index is 0.0487. The van der Waals surface area contributed by atoms with E-state index in [-0.39, 0.29) is 10.8 Å². The zero-order valence-electron chi connectivity index (χ0n) is 11.5. The summed E-state index contributed by atoms with van der Waals surface area (Å²) in [5.41, 5.74) is 1.00. The van der Waals surface area contributed by atoms with Gasteiger partial charge in [0, 0.05) is 0 Å². The first-order valence-electron chi connectivity index (χ1n) is 6.10. The van der Waals surface area contributed by atoms with Crippen LogP contribution in [0, 0.1) is 0 Å². The largest absolute Gasteiger partial charge is 0.395 e. The fourth-order valence-electron chi connectivity index (χ4n) is 1.95. The molecule has 116 valence electrons. The maximum Gasteiger partial charge on any atom is 0.197 e. The first kappa shape index (κ1) is 16.5. The molecule has 2 N–H and O–H groups in total. The van der Waals surface area contributed by atoms with Gasteiger partial charge in [-0.15, -0.1) is 0 Å². The summed E-state index contributed by atoms with van der Waals surface area (Å²) in [6.07, 6.45) is -0.633. The highest BCUT2D eigenvalue weighted by Crippen LogP contribution is 2.38. The third kappa shape index (κ3) is 3.32. The number of aliphatic hydroxyl groups excluding tert-OH is 1. The van der Waals surface area contributed by atoms with E-state index in [1.165, 1.54) is 6.07 Å². The standard InChI is InChI=1S/C12H15Cl2N3O3S/c1-17(2)11-12(21(19,20)4-3-18)16-10-6-8(14)7(13)5-9(10)15-11/h5-6,11,15,18H,3-4H2,1-2H3. The van der Waals surface area contributed by atoms with Crippen molar-refractivity contribution in [3.05, 3.63) is 22.2 Å². The summed E-state index contributed by atoms with van der Waals surface area (Å²) >= 11 is 11.9. The zero-order chi connectivity index (χ0) is 15.8. The smallest absolute Gasteiger partial charge is 0.197 e. The van der Waals surface area contributed by atoms with Crippen molar-refractivity contribution < 1.29 is 13.5 Å². The van der Waals surface area contributed by atoms with Gasteiger partial charge in [-0.2, -0.15) is 0 Å². The van der Waals surface area contributed by atoms with Gasteiger partial charge in [0.05, 0.1) is 33.8 Å². The number of hydrogen-bond donors (Lipinski definition) is 2. The predicted octanol–water partition coefficient (Wildman–Crippen LogP) is 1.74. The number of hydrogen-bond acceptors (Lipinski definition) is 6. The van der Waals surface area contributed by atoms with Crippen molar-refractivity contribution in [2.75, 3.05) is 31.8 Å². The van der Waals surface area contributed by atoms with Crippen LogP contribution in [-0.4, -0.2) is 56.1 Å². The van der Waals surface area contributed by atoms with Crippen LogP contribution in [0.2, 0.25) is 10.0 Å². The Bertz CT molecular complexity index is 689. The summed E-state index contributed by atoms with van der Waals surface area (Å²) in [6.45, 7) is -0.463. The zero-order valence-corrected chi connectivity index (χ0v) is 13.8. The molecule has 2 rings (SSSR count). The van der Waals surface area contributed by atoms with E-state index in [2.05, 4.69) is 10.3 Å². The number of aliphatic hydroxyl groups is 1. The lowest BCUT2D eigenvalue weighted by atomic mass is 10.2. The third-order valence-corrected chi connectivity index (χ3v) is 5.38. The summed E-state index contributed by atoms with van der Waals surface area (Å²) in [4.78, 5) is 5.89. The molecule has 1 aromatic carbocycles. The number of sulfone groups is 1. The van der Waals surface area contributed by atoms with Crippen LogP contribution in [0.3, 0.4) is 0 Å². The topological polar surface area (TPSA) is 82.0 Å². The van der Waals surface area contributed by atoms with Crippen molar-refractivity contribution in [2.45, 2.75) is 6.17 Å². The van der Waals surface area contributed by atoms with Crippen molar-refractivity contribution in [1.29, 1.82) is 0 Å². The first-order chi connectivity index (χ1) is 9.76.